The zero-order valence-corrected chi connectivity index (χ0v) is 44.3. The molecule has 0 aliphatic heterocycles. The highest BCUT2D eigenvalue weighted by molar-refractivity contribution is 6.14. The van der Waals surface area contributed by atoms with E-state index in [-0.39, 0.29) is 0 Å². The normalized spacial score (nSPS) is 11.8. The Bertz CT molecular complexity index is 4400. The van der Waals surface area contributed by atoms with Gasteiger partial charge in [-0.25, -0.2) is 4.85 Å². The van der Waals surface area contributed by atoms with Crippen molar-refractivity contribution in [2.75, 3.05) is 0 Å². The van der Waals surface area contributed by atoms with Gasteiger partial charge in [-0.1, -0.05) is 168 Å². The van der Waals surface area contributed by atoms with Gasteiger partial charge < -0.3 is 9.13 Å². The van der Waals surface area contributed by atoms with Gasteiger partial charge >= 0.3 is 6.18 Å². The van der Waals surface area contributed by atoms with Gasteiger partial charge in [-0.05, 0) is 180 Å². The maximum absolute atomic E-state index is 14.2. The summed E-state index contributed by atoms with van der Waals surface area (Å²) in [5.41, 5.74) is 22.1. The molecular formula is C73H52F3N3. The molecule has 0 fully saturated rings. The van der Waals surface area contributed by atoms with Crippen molar-refractivity contribution in [2.24, 2.45) is 0 Å². The third-order valence-electron chi connectivity index (χ3n) is 15.8. The van der Waals surface area contributed by atoms with E-state index in [2.05, 4.69) is 230 Å². The monoisotopic (exact) mass is 1030 g/mol. The molecular weight excluding hydrogens is 976 g/mol. The number of aromatic nitrogens is 2. The predicted molar refractivity (Wildman–Crippen MR) is 323 cm³/mol. The van der Waals surface area contributed by atoms with Gasteiger partial charge in [0.15, 0.2) is 5.69 Å². The fourth-order valence-electron chi connectivity index (χ4n) is 11.6. The summed E-state index contributed by atoms with van der Waals surface area (Å²) in [7, 11) is 0. The fraction of sp³-hybridized carbons (Fsp3) is 0.0822. The van der Waals surface area contributed by atoms with Crippen LogP contribution in [0.4, 0.5) is 18.9 Å². The number of benzene rings is 11. The van der Waals surface area contributed by atoms with E-state index in [1.165, 1.54) is 28.3 Å². The summed E-state index contributed by atoms with van der Waals surface area (Å²) >= 11 is 0. The molecule has 2 heterocycles. The van der Waals surface area contributed by atoms with Crippen molar-refractivity contribution >= 4 is 49.3 Å². The van der Waals surface area contributed by atoms with Crippen LogP contribution in [0.1, 0.15) is 33.4 Å². The lowest BCUT2D eigenvalue weighted by Crippen LogP contribution is -2.05. The quantitative estimate of drug-likeness (QED) is 0.135. The third-order valence-corrected chi connectivity index (χ3v) is 15.8. The van der Waals surface area contributed by atoms with Crippen LogP contribution in [0.2, 0.25) is 0 Å². The minimum absolute atomic E-state index is 0.437. The van der Waals surface area contributed by atoms with Gasteiger partial charge in [-0.3, -0.25) is 0 Å². The Hall–Kier alpha value is -9.70. The Morgan fingerprint density at radius 3 is 1.08 bits per heavy atom. The summed E-state index contributed by atoms with van der Waals surface area (Å²) in [5, 5.41) is 4.24. The lowest BCUT2D eigenvalue weighted by Gasteiger charge is -2.21. The molecule has 0 amide bonds. The van der Waals surface area contributed by atoms with Crippen LogP contribution in [-0.4, -0.2) is 9.13 Å². The second-order valence-corrected chi connectivity index (χ2v) is 21.1. The molecule has 0 N–H and O–H groups in total. The van der Waals surface area contributed by atoms with Crippen molar-refractivity contribution in [1.29, 1.82) is 0 Å². The molecule has 13 aromatic rings. The summed E-state index contributed by atoms with van der Waals surface area (Å²) in [6.45, 7) is 19.1. The summed E-state index contributed by atoms with van der Waals surface area (Å²) < 4.78 is 47.3. The van der Waals surface area contributed by atoms with Gasteiger partial charge in [0, 0.05) is 32.8 Å². The van der Waals surface area contributed by atoms with E-state index in [4.69, 9.17) is 6.57 Å². The Labute approximate surface area is 457 Å². The standard InChI is InChI=1S/C73H52F3N3/c1-44-10-18-49(19-11-44)53-26-33-66-60(39-53)61-40-54(50-20-12-45(2)13-21-50)27-34-67(61)78(66)70-37-30-57(59-32-31-58(38-48(59)5)73(74,75)76)43-64(70)72-65(77-6)8-7-9-71(72)79-68-35-28-55(51-22-14-46(3)15-23-51)41-62(68)63-42-56(29-36-69(63)79)52-24-16-47(4)17-25-52/h7-43H,1-5H3. The molecule has 0 bridgehead atoms. The van der Waals surface area contributed by atoms with Crippen LogP contribution < -0.4 is 0 Å². The maximum Gasteiger partial charge on any atom is 0.416 e. The first-order valence-electron chi connectivity index (χ1n) is 26.6. The number of rotatable bonds is 8. The Balaban J connectivity index is 1.12. The molecule has 79 heavy (non-hydrogen) atoms. The van der Waals surface area contributed by atoms with Gasteiger partial charge in [0.1, 0.15) is 0 Å². The van der Waals surface area contributed by atoms with E-state index < -0.39 is 11.7 Å². The molecule has 380 valence electrons. The number of alkyl halides is 3. The number of nitrogens with zero attached hydrogens (tertiary/aromatic N) is 3. The first-order valence-corrected chi connectivity index (χ1v) is 26.6. The zero-order chi connectivity index (χ0) is 54.3. The highest BCUT2D eigenvalue weighted by Gasteiger charge is 2.31. The number of aryl methyl sites for hydroxylation is 5. The highest BCUT2D eigenvalue weighted by atomic mass is 19.4. The van der Waals surface area contributed by atoms with Gasteiger partial charge in [-0.15, -0.1) is 0 Å². The van der Waals surface area contributed by atoms with Gasteiger partial charge in [0.2, 0.25) is 0 Å². The number of hydrogen-bond donors (Lipinski definition) is 0. The molecule has 0 aliphatic rings. The van der Waals surface area contributed by atoms with Crippen molar-refractivity contribution in [1.82, 2.24) is 9.13 Å². The SMILES string of the molecule is [C-]#[N+]c1cccc(-n2c3ccc(-c4ccc(C)cc4)cc3c3cc(-c4ccc(C)cc4)ccc32)c1-c1cc(-c2ccc(C(F)(F)F)cc2C)ccc1-n1c2ccc(-c3ccc(C)cc3)cc2c2cc(-c3ccc(C)cc3)ccc21. The molecule has 0 saturated carbocycles. The van der Waals surface area contributed by atoms with Crippen molar-refractivity contribution in [3.63, 3.8) is 0 Å². The molecule has 0 unspecified atom stereocenters. The van der Waals surface area contributed by atoms with Crippen molar-refractivity contribution < 1.29 is 13.2 Å². The van der Waals surface area contributed by atoms with Crippen LogP contribution in [0.15, 0.2) is 224 Å². The van der Waals surface area contributed by atoms with Gasteiger partial charge in [0.05, 0.1) is 39.9 Å². The molecule has 2 aromatic heterocycles. The first kappa shape index (κ1) is 48.9. The lowest BCUT2D eigenvalue weighted by atomic mass is 9.92. The van der Waals surface area contributed by atoms with Gasteiger partial charge in [-0.2, -0.15) is 13.2 Å². The van der Waals surface area contributed by atoms with E-state index in [1.807, 2.05) is 18.2 Å². The zero-order valence-electron chi connectivity index (χ0n) is 44.3. The number of halogens is 3. The average molecular weight is 1030 g/mol. The molecule has 0 spiro atoms. The van der Waals surface area contributed by atoms with Crippen LogP contribution in [0.25, 0.3) is 127 Å². The molecule has 0 aliphatic carbocycles. The Kier molecular flexibility index (Phi) is 11.8. The van der Waals surface area contributed by atoms with Crippen LogP contribution in [-0.2, 0) is 6.18 Å². The average Bonchev–Trinajstić information content (AvgIpc) is 4.14. The third kappa shape index (κ3) is 8.65. The number of fused-ring (bicyclic) bond motifs is 6. The van der Waals surface area contributed by atoms with Crippen LogP contribution in [0.5, 0.6) is 0 Å². The molecule has 0 saturated heterocycles. The van der Waals surface area contributed by atoms with Crippen LogP contribution >= 0.6 is 0 Å². The van der Waals surface area contributed by atoms with Crippen LogP contribution in [0, 0.1) is 41.2 Å². The summed E-state index contributed by atoms with van der Waals surface area (Å²) in [5.74, 6) is 0. The summed E-state index contributed by atoms with van der Waals surface area (Å²) in [6.07, 6.45) is -4.50. The van der Waals surface area contributed by atoms with E-state index >= 15 is 0 Å². The number of hydrogen-bond acceptors (Lipinski definition) is 0. The maximum atomic E-state index is 14.2. The van der Waals surface area contributed by atoms with Crippen molar-refractivity contribution in [3.05, 3.63) is 269 Å². The minimum Gasteiger partial charge on any atom is -0.310 e. The van der Waals surface area contributed by atoms with E-state index in [0.29, 0.717) is 22.4 Å². The molecule has 3 nitrogen and oxygen atoms in total. The van der Waals surface area contributed by atoms with E-state index in [1.54, 1.807) is 13.0 Å². The second kappa shape index (κ2) is 19.1. The Morgan fingerprint density at radius 1 is 0.342 bits per heavy atom. The minimum atomic E-state index is -4.50. The van der Waals surface area contributed by atoms with Crippen LogP contribution in [0.3, 0.4) is 0 Å². The molecule has 13 rings (SSSR count). The molecule has 6 heteroatoms. The largest absolute Gasteiger partial charge is 0.416 e. The predicted octanol–water partition coefficient (Wildman–Crippen LogP) is 21.0. The Morgan fingerprint density at radius 2 is 0.709 bits per heavy atom. The summed E-state index contributed by atoms with van der Waals surface area (Å²) in [6, 6.07) is 77.1. The van der Waals surface area contributed by atoms with Crippen molar-refractivity contribution in [3.8, 4) is 78.1 Å². The smallest absolute Gasteiger partial charge is 0.310 e. The molecule has 11 aromatic carbocycles. The lowest BCUT2D eigenvalue weighted by molar-refractivity contribution is -0.137. The molecule has 0 atom stereocenters. The topological polar surface area (TPSA) is 14.2 Å². The molecule has 0 radical (unpaired) electrons. The van der Waals surface area contributed by atoms with E-state index in [0.717, 1.165) is 117 Å². The first-order chi connectivity index (χ1) is 38.3. The van der Waals surface area contributed by atoms with Gasteiger partial charge in [0.25, 0.3) is 0 Å². The highest BCUT2D eigenvalue weighted by Crippen LogP contribution is 2.48. The van der Waals surface area contributed by atoms with E-state index in [9.17, 15) is 13.2 Å². The fourth-order valence-corrected chi connectivity index (χ4v) is 11.6. The second-order valence-electron chi connectivity index (χ2n) is 21.1. The van der Waals surface area contributed by atoms with Crippen molar-refractivity contribution in [2.45, 2.75) is 40.8 Å². The summed E-state index contributed by atoms with van der Waals surface area (Å²) in [4.78, 5) is 4.31.